The third-order valence-corrected chi connectivity index (χ3v) is 4.72. The van der Waals surface area contributed by atoms with E-state index in [1.165, 1.54) is 0 Å². The summed E-state index contributed by atoms with van der Waals surface area (Å²) in [4.78, 5) is 16.7. The van der Waals surface area contributed by atoms with Crippen LogP contribution in [0.25, 0.3) is 0 Å². The van der Waals surface area contributed by atoms with Crippen LogP contribution in [0.3, 0.4) is 0 Å². The summed E-state index contributed by atoms with van der Waals surface area (Å²) in [5, 5.41) is 14.0. The van der Waals surface area contributed by atoms with Crippen molar-refractivity contribution in [2.45, 2.75) is 39.7 Å². The fourth-order valence-electron chi connectivity index (χ4n) is 3.74. The molecule has 1 aliphatic rings. The Morgan fingerprint density at radius 1 is 1.33 bits per heavy atom. The number of hydrogen-bond donors (Lipinski definition) is 1. The lowest BCUT2D eigenvalue weighted by Crippen LogP contribution is -2.47. The van der Waals surface area contributed by atoms with E-state index in [1.807, 2.05) is 23.4 Å². The summed E-state index contributed by atoms with van der Waals surface area (Å²) < 4.78 is 1.98. The van der Waals surface area contributed by atoms with Crippen molar-refractivity contribution < 1.29 is 9.90 Å². The molecular formula is C18H32N4O2. The molecule has 0 aromatic carbocycles. The number of carbonyl (C=O) groups is 1. The van der Waals surface area contributed by atoms with Crippen molar-refractivity contribution in [3.8, 4) is 0 Å². The molecule has 2 rings (SSSR count). The maximum Gasteiger partial charge on any atom is 0.222 e. The van der Waals surface area contributed by atoms with Crippen molar-refractivity contribution in [3.63, 3.8) is 0 Å². The molecule has 1 aromatic heterocycles. The van der Waals surface area contributed by atoms with Gasteiger partial charge in [0.2, 0.25) is 5.91 Å². The molecule has 0 unspecified atom stereocenters. The van der Waals surface area contributed by atoms with Gasteiger partial charge in [0.05, 0.1) is 5.69 Å². The summed E-state index contributed by atoms with van der Waals surface area (Å²) in [6.45, 7) is 7.45. The molecule has 2 heterocycles. The quantitative estimate of drug-likeness (QED) is 0.815. The lowest BCUT2D eigenvalue weighted by molar-refractivity contribution is -0.134. The molecule has 24 heavy (non-hydrogen) atoms. The second-order valence-electron chi connectivity index (χ2n) is 7.47. The van der Waals surface area contributed by atoms with Crippen LogP contribution < -0.4 is 0 Å². The van der Waals surface area contributed by atoms with Gasteiger partial charge in [0.15, 0.2) is 0 Å². The fourth-order valence-corrected chi connectivity index (χ4v) is 3.74. The Morgan fingerprint density at radius 2 is 2.04 bits per heavy atom. The van der Waals surface area contributed by atoms with Gasteiger partial charge in [-0.15, -0.1) is 0 Å². The number of piperidine rings is 1. The third kappa shape index (κ3) is 5.31. The van der Waals surface area contributed by atoms with Crippen LogP contribution >= 0.6 is 0 Å². The number of nitrogens with zero attached hydrogens (tertiary/aromatic N) is 4. The van der Waals surface area contributed by atoms with Crippen LogP contribution in [0.4, 0.5) is 0 Å². The summed E-state index contributed by atoms with van der Waals surface area (Å²) in [6, 6.07) is 2.06. The second kappa shape index (κ2) is 8.62. The van der Waals surface area contributed by atoms with Crippen molar-refractivity contribution in [1.29, 1.82) is 0 Å². The summed E-state index contributed by atoms with van der Waals surface area (Å²) in [6.07, 6.45) is 2.36. The molecule has 1 fully saturated rings. The number of carbonyl (C=O) groups excluding carboxylic acids is 1. The van der Waals surface area contributed by atoms with E-state index in [4.69, 9.17) is 0 Å². The van der Waals surface area contributed by atoms with Crippen LogP contribution in [0.1, 0.15) is 30.7 Å². The number of hydrogen-bond acceptors (Lipinski definition) is 4. The number of amides is 1. The van der Waals surface area contributed by atoms with Crippen molar-refractivity contribution in [1.82, 2.24) is 19.6 Å². The van der Waals surface area contributed by atoms with Crippen molar-refractivity contribution in [3.05, 3.63) is 17.5 Å². The first-order chi connectivity index (χ1) is 11.4. The van der Waals surface area contributed by atoms with E-state index >= 15 is 0 Å². The highest BCUT2D eigenvalue weighted by molar-refractivity contribution is 5.76. The molecule has 1 amide bonds. The lowest BCUT2D eigenvalue weighted by Gasteiger charge is -2.38. The smallest absolute Gasteiger partial charge is 0.222 e. The number of likely N-dealkylation sites (tertiary alicyclic amines) is 1. The Labute approximate surface area is 145 Å². The van der Waals surface area contributed by atoms with E-state index in [9.17, 15) is 9.90 Å². The molecule has 6 nitrogen and oxygen atoms in total. The Bertz CT molecular complexity index is 541. The zero-order valence-corrected chi connectivity index (χ0v) is 15.5. The number of aliphatic hydroxyl groups is 1. The van der Waals surface area contributed by atoms with E-state index in [1.54, 1.807) is 0 Å². The molecule has 0 radical (unpaired) electrons. The number of rotatable bonds is 7. The molecule has 0 bridgehead atoms. The van der Waals surface area contributed by atoms with Crippen molar-refractivity contribution >= 4 is 5.91 Å². The van der Waals surface area contributed by atoms with Gasteiger partial charge >= 0.3 is 0 Å². The zero-order chi connectivity index (χ0) is 17.7. The van der Waals surface area contributed by atoms with Crippen molar-refractivity contribution in [2.75, 3.05) is 40.3 Å². The SMILES string of the molecule is Cc1cc(C)n(CCCC(=O)N2C[C@H](CO)C[C@H](CN(C)C)C2)n1. The average molecular weight is 336 g/mol. The first-order valence-electron chi connectivity index (χ1n) is 8.93. The van der Waals surface area contributed by atoms with Crippen LogP contribution in [0.5, 0.6) is 0 Å². The summed E-state index contributed by atoms with van der Waals surface area (Å²) in [5.74, 6) is 0.868. The van der Waals surface area contributed by atoms with Gasteiger partial charge in [0, 0.05) is 44.9 Å². The molecule has 136 valence electrons. The van der Waals surface area contributed by atoms with E-state index in [2.05, 4.69) is 30.2 Å². The monoisotopic (exact) mass is 336 g/mol. The van der Waals surface area contributed by atoms with E-state index < -0.39 is 0 Å². The largest absolute Gasteiger partial charge is 0.396 e. The molecule has 6 heteroatoms. The molecular weight excluding hydrogens is 304 g/mol. The average Bonchev–Trinajstić information content (AvgIpc) is 2.84. The van der Waals surface area contributed by atoms with Crippen LogP contribution in [0.15, 0.2) is 6.07 Å². The molecule has 1 saturated heterocycles. The van der Waals surface area contributed by atoms with Gasteiger partial charge in [-0.2, -0.15) is 5.10 Å². The van der Waals surface area contributed by atoms with E-state index in [0.717, 1.165) is 43.9 Å². The molecule has 0 spiro atoms. The Balaban J connectivity index is 1.84. The summed E-state index contributed by atoms with van der Waals surface area (Å²) in [5.41, 5.74) is 2.16. The topological polar surface area (TPSA) is 61.6 Å². The second-order valence-corrected chi connectivity index (χ2v) is 7.47. The molecule has 1 aromatic rings. The fraction of sp³-hybridized carbons (Fsp3) is 0.778. The molecule has 0 aliphatic carbocycles. The molecule has 0 saturated carbocycles. The maximum atomic E-state index is 12.6. The van der Waals surface area contributed by atoms with Crippen LogP contribution in [0.2, 0.25) is 0 Å². The number of aryl methyl sites for hydroxylation is 3. The molecule has 1 aliphatic heterocycles. The van der Waals surface area contributed by atoms with Gasteiger partial charge in [0.1, 0.15) is 0 Å². The van der Waals surface area contributed by atoms with Gasteiger partial charge in [0.25, 0.3) is 0 Å². The minimum atomic E-state index is 0.166. The normalized spacial score (nSPS) is 21.5. The third-order valence-electron chi connectivity index (χ3n) is 4.72. The highest BCUT2D eigenvalue weighted by Gasteiger charge is 2.29. The highest BCUT2D eigenvalue weighted by atomic mass is 16.3. The Hall–Kier alpha value is -1.40. The Morgan fingerprint density at radius 3 is 2.62 bits per heavy atom. The van der Waals surface area contributed by atoms with Gasteiger partial charge in [-0.25, -0.2) is 0 Å². The van der Waals surface area contributed by atoms with Gasteiger partial charge < -0.3 is 14.9 Å². The lowest BCUT2D eigenvalue weighted by atomic mass is 9.89. The minimum Gasteiger partial charge on any atom is -0.396 e. The predicted molar refractivity (Wildman–Crippen MR) is 94.8 cm³/mol. The van der Waals surface area contributed by atoms with Crippen LogP contribution in [-0.4, -0.2) is 70.9 Å². The molecule has 1 N–H and O–H groups in total. The number of aliphatic hydroxyl groups excluding tert-OH is 1. The van der Waals surface area contributed by atoms with Gasteiger partial charge in [-0.1, -0.05) is 0 Å². The highest BCUT2D eigenvalue weighted by Crippen LogP contribution is 2.23. The maximum absolute atomic E-state index is 12.6. The van der Waals surface area contributed by atoms with Crippen LogP contribution in [-0.2, 0) is 11.3 Å². The van der Waals surface area contributed by atoms with Gasteiger partial charge in [-0.3, -0.25) is 9.48 Å². The first kappa shape index (κ1) is 18.9. The summed E-state index contributed by atoms with van der Waals surface area (Å²) >= 11 is 0. The predicted octanol–water partition coefficient (Wildman–Crippen LogP) is 1.30. The van der Waals surface area contributed by atoms with E-state index in [-0.39, 0.29) is 18.4 Å². The first-order valence-corrected chi connectivity index (χ1v) is 8.93. The zero-order valence-electron chi connectivity index (χ0n) is 15.5. The summed E-state index contributed by atoms with van der Waals surface area (Å²) in [7, 11) is 4.12. The standard InChI is InChI=1S/C18H32N4O2/c1-14-8-15(2)22(19-14)7-5-6-18(24)21-11-16(10-20(3)4)9-17(12-21)13-23/h8,16-17,23H,5-7,9-13H2,1-4H3/t16-,17-/m1/s1. The number of aromatic nitrogens is 2. The Kier molecular flexibility index (Phi) is 6.80. The van der Waals surface area contributed by atoms with Crippen molar-refractivity contribution in [2.24, 2.45) is 11.8 Å². The van der Waals surface area contributed by atoms with E-state index in [0.29, 0.717) is 18.9 Å². The minimum absolute atomic E-state index is 0.166. The molecule has 2 atom stereocenters. The van der Waals surface area contributed by atoms with Crippen LogP contribution in [0, 0.1) is 25.7 Å². The van der Waals surface area contributed by atoms with Gasteiger partial charge in [-0.05, 0) is 58.7 Å².